The number of hydrogen-bond acceptors (Lipinski definition) is 6. The Bertz CT molecular complexity index is 634. The molecule has 3 aliphatic rings. The highest BCUT2D eigenvalue weighted by Gasteiger charge is 2.43. The molecule has 9 heteroatoms. The molecule has 4 rings (SSSR count). The summed E-state index contributed by atoms with van der Waals surface area (Å²) >= 11 is 0. The van der Waals surface area contributed by atoms with Gasteiger partial charge in [-0.15, -0.1) is 5.10 Å². The maximum absolute atomic E-state index is 12.5. The predicted molar refractivity (Wildman–Crippen MR) is 94.1 cm³/mol. The van der Waals surface area contributed by atoms with Gasteiger partial charge in [0.1, 0.15) is 0 Å². The number of nitrogens with one attached hydrogen (secondary N) is 2. The van der Waals surface area contributed by atoms with Crippen molar-refractivity contribution in [2.75, 3.05) is 32.8 Å². The molecule has 4 heterocycles. The van der Waals surface area contributed by atoms with Crippen LogP contribution in [-0.4, -0.2) is 75.6 Å². The maximum Gasteiger partial charge on any atom is 0.224 e. The van der Waals surface area contributed by atoms with Crippen molar-refractivity contribution in [3.05, 3.63) is 11.9 Å². The van der Waals surface area contributed by atoms with Crippen molar-refractivity contribution in [3.8, 4) is 0 Å². The lowest BCUT2D eigenvalue weighted by Gasteiger charge is -2.49. The molecule has 0 aliphatic carbocycles. The summed E-state index contributed by atoms with van der Waals surface area (Å²) in [5.74, 6) is 0.430. The lowest BCUT2D eigenvalue weighted by Crippen LogP contribution is -2.58. The van der Waals surface area contributed by atoms with E-state index in [9.17, 15) is 9.59 Å². The predicted octanol–water partition coefficient (Wildman–Crippen LogP) is -1.22. The van der Waals surface area contributed by atoms with E-state index < -0.39 is 0 Å². The van der Waals surface area contributed by atoms with Gasteiger partial charge in [-0.1, -0.05) is 5.21 Å². The molecular weight excluding hydrogens is 336 g/mol. The molecule has 1 aromatic rings. The third-order valence-corrected chi connectivity index (χ3v) is 5.37. The van der Waals surface area contributed by atoms with Gasteiger partial charge in [-0.25, -0.2) is 0 Å². The van der Waals surface area contributed by atoms with Crippen LogP contribution in [0.2, 0.25) is 0 Å². The number of fused-ring (bicyclic) bond motifs is 3. The zero-order valence-electron chi connectivity index (χ0n) is 15.2. The Balaban J connectivity index is 1.49. The van der Waals surface area contributed by atoms with E-state index in [0.29, 0.717) is 31.5 Å². The number of carbonyl (C=O) groups is 2. The minimum Gasteiger partial charge on any atom is -0.396 e. The summed E-state index contributed by atoms with van der Waals surface area (Å²) in [6, 6.07) is 0.376. The van der Waals surface area contributed by atoms with Crippen molar-refractivity contribution in [2.45, 2.75) is 38.8 Å². The van der Waals surface area contributed by atoms with Crippen molar-refractivity contribution in [2.24, 2.45) is 11.8 Å². The Kier molecular flexibility index (Phi) is 6.20. The van der Waals surface area contributed by atoms with E-state index in [4.69, 9.17) is 5.11 Å². The average molecular weight is 364 g/mol. The maximum atomic E-state index is 12.5. The van der Waals surface area contributed by atoms with Crippen molar-refractivity contribution in [3.63, 3.8) is 0 Å². The molecule has 2 unspecified atom stereocenters. The van der Waals surface area contributed by atoms with Gasteiger partial charge in [0.05, 0.1) is 18.2 Å². The Morgan fingerprint density at radius 3 is 2.85 bits per heavy atom. The van der Waals surface area contributed by atoms with Crippen LogP contribution in [0.3, 0.4) is 0 Å². The fourth-order valence-electron chi connectivity index (χ4n) is 4.05. The SMILES string of the molecule is CC(=O)NCCNC(=O)[C@H]1CN2CCC1C[C@@H]2Cn1cc(CCO)nn1. The molecule has 3 N–H and O–H groups in total. The third-order valence-electron chi connectivity index (χ3n) is 5.37. The molecule has 3 aliphatic heterocycles. The lowest BCUT2D eigenvalue weighted by molar-refractivity contribution is -0.133. The van der Waals surface area contributed by atoms with Crippen LogP contribution in [0, 0.1) is 11.8 Å². The number of piperidine rings is 3. The van der Waals surface area contributed by atoms with E-state index in [1.165, 1.54) is 6.92 Å². The van der Waals surface area contributed by atoms with Gasteiger partial charge in [-0.3, -0.25) is 19.2 Å². The zero-order chi connectivity index (χ0) is 18.5. The summed E-state index contributed by atoms with van der Waals surface area (Å²) in [6.07, 6.45) is 4.45. The molecule has 144 valence electrons. The quantitative estimate of drug-likeness (QED) is 0.498. The zero-order valence-corrected chi connectivity index (χ0v) is 15.2. The van der Waals surface area contributed by atoms with E-state index in [-0.39, 0.29) is 24.3 Å². The highest BCUT2D eigenvalue weighted by atomic mass is 16.3. The fourth-order valence-corrected chi connectivity index (χ4v) is 4.05. The van der Waals surface area contributed by atoms with Crippen LogP contribution in [0.25, 0.3) is 0 Å². The highest BCUT2D eigenvalue weighted by molar-refractivity contribution is 5.79. The van der Waals surface area contributed by atoms with Crippen molar-refractivity contribution < 1.29 is 14.7 Å². The number of rotatable bonds is 8. The van der Waals surface area contributed by atoms with Crippen LogP contribution in [0.4, 0.5) is 0 Å². The van der Waals surface area contributed by atoms with E-state index in [1.54, 1.807) is 0 Å². The first kappa shape index (κ1) is 18.8. The Morgan fingerprint density at radius 2 is 2.15 bits per heavy atom. The van der Waals surface area contributed by atoms with Crippen LogP contribution < -0.4 is 10.6 Å². The van der Waals surface area contributed by atoms with Gasteiger partial charge < -0.3 is 15.7 Å². The average Bonchev–Trinajstić information content (AvgIpc) is 3.06. The van der Waals surface area contributed by atoms with Gasteiger partial charge in [0.15, 0.2) is 0 Å². The molecule has 26 heavy (non-hydrogen) atoms. The molecule has 3 saturated heterocycles. The third kappa shape index (κ3) is 4.59. The number of amides is 2. The van der Waals surface area contributed by atoms with E-state index in [0.717, 1.165) is 38.2 Å². The monoisotopic (exact) mass is 364 g/mol. The molecule has 1 aromatic heterocycles. The largest absolute Gasteiger partial charge is 0.396 e. The van der Waals surface area contributed by atoms with Gasteiger partial charge in [-0.05, 0) is 25.3 Å². The van der Waals surface area contributed by atoms with Crippen molar-refractivity contribution in [1.29, 1.82) is 0 Å². The van der Waals surface area contributed by atoms with Gasteiger partial charge in [0.25, 0.3) is 0 Å². The normalized spacial score (nSPS) is 27.3. The molecule has 9 nitrogen and oxygen atoms in total. The lowest BCUT2D eigenvalue weighted by atomic mass is 9.75. The topological polar surface area (TPSA) is 112 Å². The second-order valence-corrected chi connectivity index (χ2v) is 7.22. The highest BCUT2D eigenvalue weighted by Crippen LogP contribution is 2.36. The molecule has 2 amide bonds. The van der Waals surface area contributed by atoms with Crippen molar-refractivity contribution in [1.82, 2.24) is 30.5 Å². The minimum absolute atomic E-state index is 0.0259. The number of nitrogens with zero attached hydrogens (tertiary/aromatic N) is 4. The number of carbonyl (C=O) groups excluding carboxylic acids is 2. The van der Waals surface area contributed by atoms with E-state index in [2.05, 4.69) is 25.8 Å². The summed E-state index contributed by atoms with van der Waals surface area (Å²) in [5.41, 5.74) is 0.805. The summed E-state index contributed by atoms with van der Waals surface area (Å²) in [7, 11) is 0. The first-order valence-corrected chi connectivity index (χ1v) is 9.33. The van der Waals surface area contributed by atoms with Crippen LogP contribution in [-0.2, 0) is 22.6 Å². The summed E-state index contributed by atoms with van der Waals surface area (Å²) in [6.45, 7) is 5.05. The number of aromatic nitrogens is 3. The molecule has 3 fully saturated rings. The fraction of sp³-hybridized carbons (Fsp3) is 0.765. The van der Waals surface area contributed by atoms with Gasteiger partial charge in [0.2, 0.25) is 11.8 Å². The standard InChI is InChI=1S/C17H28N6O3/c1-12(25)18-4-5-19-17(26)16-11-22-6-2-13(16)8-15(22)10-23-9-14(3-7-24)20-21-23/h9,13,15-16,24H,2-8,10-11H2,1H3,(H,18,25)(H,19,26)/t13?,15-,16+/m1/s1. The number of hydrogen-bond donors (Lipinski definition) is 3. The summed E-state index contributed by atoms with van der Waals surface area (Å²) < 4.78 is 1.85. The van der Waals surface area contributed by atoms with Gasteiger partial charge in [-0.2, -0.15) is 0 Å². The number of aliphatic hydroxyl groups is 1. The molecule has 2 bridgehead atoms. The second kappa shape index (κ2) is 8.59. The molecule has 0 aromatic carbocycles. The van der Waals surface area contributed by atoms with Gasteiger partial charge in [0, 0.05) is 51.8 Å². The van der Waals surface area contributed by atoms with Crippen molar-refractivity contribution >= 4 is 11.8 Å². The second-order valence-electron chi connectivity index (χ2n) is 7.22. The Labute approximate surface area is 153 Å². The van der Waals surface area contributed by atoms with Crippen LogP contribution in [0.1, 0.15) is 25.5 Å². The Morgan fingerprint density at radius 1 is 1.35 bits per heavy atom. The van der Waals surface area contributed by atoms with Gasteiger partial charge >= 0.3 is 0 Å². The van der Waals surface area contributed by atoms with Crippen LogP contribution in [0.5, 0.6) is 0 Å². The smallest absolute Gasteiger partial charge is 0.224 e. The molecule has 0 saturated carbocycles. The van der Waals surface area contributed by atoms with Crippen LogP contribution >= 0.6 is 0 Å². The molecule has 4 atom stereocenters. The molecule has 0 radical (unpaired) electrons. The molecule has 0 spiro atoms. The minimum atomic E-state index is -0.0832. The molecular formula is C17H28N6O3. The van der Waals surface area contributed by atoms with Crippen LogP contribution in [0.15, 0.2) is 6.20 Å². The van der Waals surface area contributed by atoms with E-state index in [1.807, 2.05) is 10.9 Å². The first-order valence-electron chi connectivity index (χ1n) is 9.33. The summed E-state index contributed by atoms with van der Waals surface area (Å²) in [4.78, 5) is 25.7. The number of aliphatic hydroxyl groups excluding tert-OH is 1. The summed E-state index contributed by atoms with van der Waals surface area (Å²) in [5, 5.41) is 22.8. The first-order chi connectivity index (χ1) is 12.6. The Hall–Kier alpha value is -2.00. The van der Waals surface area contributed by atoms with E-state index >= 15 is 0 Å².